The first-order valence-corrected chi connectivity index (χ1v) is 5.73. The van der Waals surface area contributed by atoms with Crippen molar-refractivity contribution in [2.75, 3.05) is 26.3 Å². The van der Waals surface area contributed by atoms with Crippen molar-refractivity contribution in [3.8, 4) is 0 Å². The molecule has 0 aliphatic carbocycles. The highest BCUT2D eigenvalue weighted by molar-refractivity contribution is 5.87. The SMILES string of the molecule is CC(C)(C)NCC(=O)N1CCOCC1C(N)=O. The highest BCUT2D eigenvalue weighted by atomic mass is 16.5. The van der Waals surface area contributed by atoms with Crippen LogP contribution in [0.2, 0.25) is 0 Å². The Hall–Kier alpha value is -1.14. The molecule has 6 heteroatoms. The van der Waals surface area contributed by atoms with Gasteiger partial charge in [0.1, 0.15) is 6.04 Å². The minimum atomic E-state index is -0.641. The summed E-state index contributed by atoms with van der Waals surface area (Å²) in [6.45, 7) is 7.19. The van der Waals surface area contributed by atoms with E-state index in [9.17, 15) is 9.59 Å². The zero-order valence-electron chi connectivity index (χ0n) is 10.7. The number of primary amides is 1. The van der Waals surface area contributed by atoms with Crippen LogP contribution in [0.25, 0.3) is 0 Å². The highest BCUT2D eigenvalue weighted by Gasteiger charge is 2.31. The maximum Gasteiger partial charge on any atom is 0.242 e. The lowest BCUT2D eigenvalue weighted by atomic mass is 10.1. The fraction of sp³-hybridized carbons (Fsp3) is 0.818. The van der Waals surface area contributed by atoms with E-state index in [0.717, 1.165) is 0 Å². The molecule has 1 aliphatic heterocycles. The summed E-state index contributed by atoms with van der Waals surface area (Å²) in [5, 5.41) is 3.09. The first-order chi connectivity index (χ1) is 7.81. The number of morpholine rings is 1. The number of carbonyl (C=O) groups excluding carboxylic acids is 2. The molecule has 1 fully saturated rings. The van der Waals surface area contributed by atoms with Gasteiger partial charge in [-0.1, -0.05) is 0 Å². The number of nitrogens with one attached hydrogen (secondary N) is 1. The lowest BCUT2D eigenvalue weighted by Gasteiger charge is -2.34. The first-order valence-electron chi connectivity index (χ1n) is 5.73. The lowest BCUT2D eigenvalue weighted by Crippen LogP contribution is -2.57. The summed E-state index contributed by atoms with van der Waals surface area (Å²) >= 11 is 0. The zero-order valence-corrected chi connectivity index (χ0v) is 10.7. The molecule has 1 saturated heterocycles. The maximum atomic E-state index is 12.0. The standard InChI is InChI=1S/C11H21N3O3/c1-11(2,3)13-6-9(15)14-4-5-17-7-8(14)10(12)16/h8,13H,4-7H2,1-3H3,(H2,12,16). The summed E-state index contributed by atoms with van der Waals surface area (Å²) in [7, 11) is 0. The van der Waals surface area contributed by atoms with Gasteiger partial charge in [0.25, 0.3) is 0 Å². The van der Waals surface area contributed by atoms with Crippen LogP contribution in [-0.4, -0.2) is 54.6 Å². The molecule has 0 aromatic heterocycles. The van der Waals surface area contributed by atoms with E-state index in [1.807, 2.05) is 20.8 Å². The molecule has 0 aromatic rings. The molecule has 0 aromatic carbocycles. The maximum absolute atomic E-state index is 12.0. The largest absolute Gasteiger partial charge is 0.377 e. The van der Waals surface area contributed by atoms with Crippen LogP contribution < -0.4 is 11.1 Å². The second-order valence-corrected chi connectivity index (χ2v) is 5.18. The van der Waals surface area contributed by atoms with Gasteiger partial charge >= 0.3 is 0 Å². The van der Waals surface area contributed by atoms with Crippen LogP contribution in [0, 0.1) is 0 Å². The number of nitrogens with zero attached hydrogens (tertiary/aromatic N) is 1. The van der Waals surface area contributed by atoms with E-state index in [2.05, 4.69) is 5.32 Å². The Kier molecular flexibility index (Phi) is 4.47. The van der Waals surface area contributed by atoms with Gasteiger partial charge in [0.15, 0.2) is 0 Å². The Morgan fingerprint density at radius 3 is 2.65 bits per heavy atom. The molecule has 1 aliphatic rings. The molecule has 0 radical (unpaired) electrons. The summed E-state index contributed by atoms with van der Waals surface area (Å²) in [4.78, 5) is 24.6. The van der Waals surface area contributed by atoms with Gasteiger partial charge in [-0.05, 0) is 20.8 Å². The van der Waals surface area contributed by atoms with Crippen molar-refractivity contribution in [1.82, 2.24) is 10.2 Å². The fourth-order valence-corrected chi connectivity index (χ4v) is 1.58. The Morgan fingerprint density at radius 1 is 1.47 bits per heavy atom. The van der Waals surface area contributed by atoms with Crippen LogP contribution in [0.1, 0.15) is 20.8 Å². The normalized spacial score (nSPS) is 21.4. The average molecular weight is 243 g/mol. The predicted molar refractivity (Wildman–Crippen MR) is 63.3 cm³/mol. The van der Waals surface area contributed by atoms with Crippen LogP contribution in [0.15, 0.2) is 0 Å². The molecule has 17 heavy (non-hydrogen) atoms. The summed E-state index contributed by atoms with van der Waals surface area (Å²) in [5.74, 6) is -0.638. The van der Waals surface area contributed by atoms with Gasteiger partial charge in [-0.25, -0.2) is 0 Å². The number of hydrogen-bond acceptors (Lipinski definition) is 4. The second kappa shape index (κ2) is 5.46. The molecule has 2 amide bonds. The number of amides is 2. The minimum absolute atomic E-state index is 0.118. The molecular formula is C11H21N3O3. The molecule has 1 atom stereocenters. The third-order valence-electron chi connectivity index (χ3n) is 2.55. The van der Waals surface area contributed by atoms with E-state index in [1.54, 1.807) is 0 Å². The van der Waals surface area contributed by atoms with Crippen molar-refractivity contribution >= 4 is 11.8 Å². The molecule has 6 nitrogen and oxygen atoms in total. The second-order valence-electron chi connectivity index (χ2n) is 5.18. The van der Waals surface area contributed by atoms with Gasteiger partial charge < -0.3 is 20.7 Å². The van der Waals surface area contributed by atoms with Crippen molar-refractivity contribution in [1.29, 1.82) is 0 Å². The van der Waals surface area contributed by atoms with Crippen LogP contribution >= 0.6 is 0 Å². The van der Waals surface area contributed by atoms with Crippen LogP contribution in [0.5, 0.6) is 0 Å². The van der Waals surface area contributed by atoms with Crippen molar-refractivity contribution in [3.05, 3.63) is 0 Å². The molecule has 0 spiro atoms. The van der Waals surface area contributed by atoms with Gasteiger partial charge in [-0.2, -0.15) is 0 Å². The van der Waals surface area contributed by atoms with E-state index in [4.69, 9.17) is 10.5 Å². The number of carbonyl (C=O) groups is 2. The Morgan fingerprint density at radius 2 is 2.12 bits per heavy atom. The first kappa shape index (κ1) is 13.9. The van der Waals surface area contributed by atoms with E-state index in [0.29, 0.717) is 13.2 Å². The topological polar surface area (TPSA) is 84.7 Å². The molecule has 0 saturated carbocycles. The monoisotopic (exact) mass is 243 g/mol. The lowest BCUT2D eigenvalue weighted by molar-refractivity contribution is -0.146. The number of hydrogen-bond donors (Lipinski definition) is 2. The van der Waals surface area contributed by atoms with Crippen LogP contribution in [0.3, 0.4) is 0 Å². The zero-order chi connectivity index (χ0) is 13.1. The molecule has 1 heterocycles. The van der Waals surface area contributed by atoms with Gasteiger partial charge in [0.2, 0.25) is 11.8 Å². The van der Waals surface area contributed by atoms with Crippen molar-refractivity contribution in [2.45, 2.75) is 32.4 Å². The summed E-state index contributed by atoms with van der Waals surface area (Å²) < 4.78 is 5.15. The van der Waals surface area contributed by atoms with E-state index < -0.39 is 11.9 Å². The summed E-state index contributed by atoms with van der Waals surface area (Å²) in [6, 6.07) is -0.641. The van der Waals surface area contributed by atoms with Gasteiger partial charge in [-0.3, -0.25) is 9.59 Å². The van der Waals surface area contributed by atoms with Crippen LogP contribution in [-0.2, 0) is 14.3 Å². The molecule has 1 rings (SSSR count). The van der Waals surface area contributed by atoms with Crippen LogP contribution in [0.4, 0.5) is 0 Å². The average Bonchev–Trinajstić information content (AvgIpc) is 2.25. The summed E-state index contributed by atoms with van der Waals surface area (Å²) in [5.41, 5.74) is 5.11. The predicted octanol–water partition coefficient (Wildman–Crippen LogP) is -0.913. The third-order valence-corrected chi connectivity index (χ3v) is 2.55. The highest BCUT2D eigenvalue weighted by Crippen LogP contribution is 2.07. The molecule has 0 bridgehead atoms. The van der Waals surface area contributed by atoms with Gasteiger partial charge in [-0.15, -0.1) is 0 Å². The van der Waals surface area contributed by atoms with Gasteiger partial charge in [0.05, 0.1) is 19.8 Å². The Bertz CT molecular complexity index is 299. The van der Waals surface area contributed by atoms with Crippen molar-refractivity contribution in [3.63, 3.8) is 0 Å². The van der Waals surface area contributed by atoms with Gasteiger partial charge in [0, 0.05) is 12.1 Å². The number of ether oxygens (including phenoxy) is 1. The molecule has 1 unspecified atom stereocenters. The van der Waals surface area contributed by atoms with Crippen molar-refractivity contribution < 1.29 is 14.3 Å². The quantitative estimate of drug-likeness (QED) is 0.672. The van der Waals surface area contributed by atoms with E-state index in [-0.39, 0.29) is 24.6 Å². The molecular weight excluding hydrogens is 222 g/mol. The smallest absolute Gasteiger partial charge is 0.242 e. The van der Waals surface area contributed by atoms with E-state index in [1.165, 1.54) is 4.90 Å². The molecule has 3 N–H and O–H groups in total. The molecule has 98 valence electrons. The summed E-state index contributed by atoms with van der Waals surface area (Å²) in [6.07, 6.45) is 0. The Labute approximate surface area is 101 Å². The number of nitrogens with two attached hydrogens (primary N) is 1. The Balaban J connectivity index is 2.56. The van der Waals surface area contributed by atoms with E-state index >= 15 is 0 Å². The number of rotatable bonds is 3. The third kappa shape index (κ3) is 4.32. The fourth-order valence-electron chi connectivity index (χ4n) is 1.58. The van der Waals surface area contributed by atoms with Crippen molar-refractivity contribution in [2.24, 2.45) is 5.73 Å². The minimum Gasteiger partial charge on any atom is -0.377 e.